The van der Waals surface area contributed by atoms with Gasteiger partial charge in [0, 0.05) is 30.2 Å². The molecule has 4 heteroatoms. The smallest absolute Gasteiger partial charge is 0.253 e. The summed E-state index contributed by atoms with van der Waals surface area (Å²) in [4.78, 5) is 12.7. The summed E-state index contributed by atoms with van der Waals surface area (Å²) in [5.41, 5.74) is 2.43. The molecule has 23 heavy (non-hydrogen) atoms. The molecule has 1 N–H and O–H groups in total. The van der Waals surface area contributed by atoms with E-state index in [1.54, 1.807) is 0 Å². The van der Waals surface area contributed by atoms with E-state index in [1.165, 1.54) is 38.5 Å². The quantitative estimate of drug-likeness (QED) is 0.683. The Labute approximate surface area is 139 Å². The average Bonchev–Trinajstić information content (AvgIpc) is 2.75. The molecule has 0 unspecified atom stereocenters. The van der Waals surface area contributed by atoms with E-state index >= 15 is 0 Å². The standard InChI is InChI=1S/C19H25BN2O/c1-2-22-13-16(15-10-7-11-17(20)18(15)22)19(23)21-12-14-8-5-3-4-6-9-14/h7,10-11,13-14H,2-6,8-9,12H2,1H3,(H,21,23). The van der Waals surface area contributed by atoms with Crippen LogP contribution in [0.1, 0.15) is 55.8 Å². The first kappa shape index (κ1) is 16.2. The van der Waals surface area contributed by atoms with Gasteiger partial charge in [0.15, 0.2) is 0 Å². The number of aromatic nitrogens is 1. The van der Waals surface area contributed by atoms with E-state index in [4.69, 9.17) is 7.85 Å². The highest BCUT2D eigenvalue weighted by molar-refractivity contribution is 6.38. The second-order valence-electron chi connectivity index (χ2n) is 6.64. The van der Waals surface area contributed by atoms with Crippen LogP contribution < -0.4 is 10.8 Å². The molecule has 1 fully saturated rings. The highest BCUT2D eigenvalue weighted by atomic mass is 16.1. The molecule has 1 saturated carbocycles. The minimum absolute atomic E-state index is 0.0250. The van der Waals surface area contributed by atoms with Gasteiger partial charge in [-0.1, -0.05) is 49.3 Å². The number of carbonyl (C=O) groups is 1. The molecule has 3 rings (SSSR count). The lowest BCUT2D eigenvalue weighted by atomic mass is 9.93. The summed E-state index contributed by atoms with van der Waals surface area (Å²) in [5.74, 6) is 0.656. The lowest BCUT2D eigenvalue weighted by Crippen LogP contribution is -2.29. The van der Waals surface area contributed by atoms with Crippen molar-refractivity contribution >= 4 is 30.1 Å². The van der Waals surface area contributed by atoms with Crippen molar-refractivity contribution in [3.05, 3.63) is 30.0 Å². The molecule has 0 saturated heterocycles. The fourth-order valence-corrected chi connectivity index (χ4v) is 3.72. The van der Waals surface area contributed by atoms with E-state index < -0.39 is 0 Å². The summed E-state index contributed by atoms with van der Waals surface area (Å²) >= 11 is 0. The van der Waals surface area contributed by atoms with Gasteiger partial charge in [0.2, 0.25) is 0 Å². The van der Waals surface area contributed by atoms with Crippen molar-refractivity contribution in [3.8, 4) is 0 Å². The van der Waals surface area contributed by atoms with Crippen LogP contribution in [0.4, 0.5) is 0 Å². The number of fused-ring (bicyclic) bond motifs is 1. The maximum atomic E-state index is 12.7. The molecule has 0 spiro atoms. The van der Waals surface area contributed by atoms with E-state index in [0.717, 1.165) is 35.0 Å². The van der Waals surface area contributed by atoms with Crippen LogP contribution in [0.25, 0.3) is 10.9 Å². The Balaban J connectivity index is 1.77. The fraction of sp³-hybridized carbons (Fsp3) is 0.526. The third kappa shape index (κ3) is 3.46. The van der Waals surface area contributed by atoms with Crippen LogP contribution in [0.2, 0.25) is 0 Å². The normalized spacial score (nSPS) is 16.4. The van der Waals surface area contributed by atoms with Gasteiger partial charge in [-0.25, -0.2) is 0 Å². The number of amides is 1. The predicted octanol–water partition coefficient (Wildman–Crippen LogP) is 3.16. The zero-order valence-electron chi connectivity index (χ0n) is 14.0. The SMILES string of the molecule is [B]c1cccc2c(C(=O)NCC3CCCCCC3)cn(CC)c12. The van der Waals surface area contributed by atoms with Crippen LogP contribution in [0, 0.1) is 5.92 Å². The molecule has 1 heterocycles. The largest absolute Gasteiger partial charge is 0.352 e. The number of aryl methyl sites for hydroxylation is 1. The van der Waals surface area contributed by atoms with Crippen LogP contribution in [0.5, 0.6) is 0 Å². The Bertz CT molecular complexity index is 684. The number of nitrogens with zero attached hydrogens (tertiary/aromatic N) is 1. The minimum Gasteiger partial charge on any atom is -0.352 e. The van der Waals surface area contributed by atoms with Crippen molar-refractivity contribution in [1.82, 2.24) is 9.88 Å². The predicted molar refractivity (Wildman–Crippen MR) is 96.5 cm³/mol. The Hall–Kier alpha value is -1.71. The molecule has 0 aliphatic heterocycles. The molecule has 3 nitrogen and oxygen atoms in total. The summed E-state index contributed by atoms with van der Waals surface area (Å²) in [7, 11) is 6.10. The van der Waals surface area contributed by atoms with Gasteiger partial charge in [0.25, 0.3) is 5.91 Å². The van der Waals surface area contributed by atoms with Gasteiger partial charge in [-0.05, 0) is 25.7 Å². The van der Waals surface area contributed by atoms with Gasteiger partial charge in [-0.15, -0.1) is 0 Å². The van der Waals surface area contributed by atoms with Crippen LogP contribution in [0.15, 0.2) is 24.4 Å². The number of para-hydroxylation sites is 1. The molecule has 0 bridgehead atoms. The van der Waals surface area contributed by atoms with E-state index in [9.17, 15) is 4.79 Å². The van der Waals surface area contributed by atoms with E-state index in [1.807, 2.05) is 24.4 Å². The first-order valence-electron chi connectivity index (χ1n) is 8.86. The minimum atomic E-state index is 0.0250. The summed E-state index contributed by atoms with van der Waals surface area (Å²) < 4.78 is 2.06. The summed E-state index contributed by atoms with van der Waals surface area (Å²) in [5, 5.41) is 4.10. The topological polar surface area (TPSA) is 34.0 Å². The zero-order chi connectivity index (χ0) is 16.2. The molecular weight excluding hydrogens is 283 g/mol. The van der Waals surface area contributed by atoms with Crippen molar-refractivity contribution in [2.75, 3.05) is 6.54 Å². The van der Waals surface area contributed by atoms with Crippen LogP contribution in [-0.4, -0.2) is 24.9 Å². The second kappa shape index (κ2) is 7.24. The molecule has 1 amide bonds. The lowest BCUT2D eigenvalue weighted by molar-refractivity contribution is 0.0947. The average molecular weight is 308 g/mol. The van der Waals surface area contributed by atoms with Gasteiger partial charge in [0.1, 0.15) is 7.85 Å². The Morgan fingerprint density at radius 3 is 2.70 bits per heavy atom. The van der Waals surface area contributed by atoms with Crippen molar-refractivity contribution in [1.29, 1.82) is 0 Å². The number of hydrogen-bond donors (Lipinski definition) is 1. The Kier molecular flexibility index (Phi) is 5.09. The zero-order valence-corrected chi connectivity index (χ0v) is 14.0. The van der Waals surface area contributed by atoms with Gasteiger partial charge in [0.05, 0.1) is 5.56 Å². The van der Waals surface area contributed by atoms with Gasteiger partial charge < -0.3 is 9.88 Å². The van der Waals surface area contributed by atoms with Crippen molar-refractivity contribution in [2.24, 2.45) is 5.92 Å². The molecule has 0 atom stereocenters. The van der Waals surface area contributed by atoms with Crippen LogP contribution >= 0.6 is 0 Å². The van der Waals surface area contributed by atoms with Crippen LogP contribution in [-0.2, 0) is 6.54 Å². The third-order valence-corrected chi connectivity index (χ3v) is 5.04. The Morgan fingerprint density at radius 1 is 1.26 bits per heavy atom. The highest BCUT2D eigenvalue weighted by Crippen LogP contribution is 2.23. The molecule has 1 aliphatic rings. The number of nitrogens with one attached hydrogen (secondary N) is 1. The first-order chi connectivity index (χ1) is 11.2. The van der Waals surface area contributed by atoms with E-state index in [0.29, 0.717) is 5.92 Å². The fourth-order valence-electron chi connectivity index (χ4n) is 3.72. The van der Waals surface area contributed by atoms with Gasteiger partial charge >= 0.3 is 0 Å². The molecule has 1 aromatic carbocycles. The van der Waals surface area contributed by atoms with Gasteiger partial charge in [-0.3, -0.25) is 4.79 Å². The summed E-state index contributed by atoms with van der Waals surface area (Å²) in [6.07, 6.45) is 9.69. The maximum Gasteiger partial charge on any atom is 0.253 e. The number of benzene rings is 1. The molecule has 1 aromatic heterocycles. The molecule has 1 aliphatic carbocycles. The number of carbonyl (C=O) groups excluding carboxylic acids is 1. The van der Waals surface area contributed by atoms with Gasteiger partial charge in [-0.2, -0.15) is 0 Å². The van der Waals surface area contributed by atoms with E-state index in [2.05, 4.69) is 16.8 Å². The molecule has 120 valence electrons. The summed E-state index contributed by atoms with van der Waals surface area (Å²) in [6, 6.07) is 5.79. The first-order valence-corrected chi connectivity index (χ1v) is 8.86. The number of hydrogen-bond acceptors (Lipinski definition) is 1. The molecule has 2 aromatic rings. The monoisotopic (exact) mass is 308 g/mol. The summed E-state index contributed by atoms with van der Waals surface area (Å²) in [6.45, 7) is 3.67. The van der Waals surface area contributed by atoms with E-state index in [-0.39, 0.29) is 5.91 Å². The lowest BCUT2D eigenvalue weighted by Gasteiger charge is -2.14. The van der Waals surface area contributed by atoms with Crippen molar-refractivity contribution < 1.29 is 4.79 Å². The Morgan fingerprint density at radius 2 is 2.00 bits per heavy atom. The van der Waals surface area contributed by atoms with Crippen molar-refractivity contribution in [3.63, 3.8) is 0 Å². The molecular formula is C19H25BN2O. The highest BCUT2D eigenvalue weighted by Gasteiger charge is 2.18. The third-order valence-electron chi connectivity index (χ3n) is 5.04. The van der Waals surface area contributed by atoms with Crippen molar-refractivity contribution in [2.45, 2.75) is 52.0 Å². The molecule has 2 radical (unpaired) electrons. The maximum absolute atomic E-state index is 12.7. The second-order valence-corrected chi connectivity index (χ2v) is 6.64. The number of rotatable bonds is 4. The van der Waals surface area contributed by atoms with Crippen LogP contribution in [0.3, 0.4) is 0 Å².